The van der Waals surface area contributed by atoms with Crippen LogP contribution in [0.5, 0.6) is 0 Å². The van der Waals surface area contributed by atoms with Gasteiger partial charge in [0.25, 0.3) is 11.6 Å². The Morgan fingerprint density at radius 1 is 1.21 bits per heavy atom. The van der Waals surface area contributed by atoms with Gasteiger partial charge < -0.3 is 10.1 Å². The van der Waals surface area contributed by atoms with Crippen LogP contribution in [0.2, 0.25) is 0 Å². The van der Waals surface area contributed by atoms with Crippen LogP contribution in [-0.2, 0) is 4.74 Å². The number of ether oxygens (including phenoxy) is 1. The molecule has 2 aromatic carbocycles. The zero-order valence-corrected chi connectivity index (χ0v) is 15.7. The topological polar surface area (TPSA) is 99.3 Å². The number of carbonyl (C=O) groups excluding carboxylic acids is 1. The van der Waals surface area contributed by atoms with Crippen molar-refractivity contribution in [1.82, 2.24) is 15.1 Å². The molecule has 1 aromatic heterocycles. The van der Waals surface area contributed by atoms with Gasteiger partial charge in [0.2, 0.25) is 0 Å². The third kappa shape index (κ3) is 4.02. The smallest absolute Gasteiger partial charge is 0.269 e. The van der Waals surface area contributed by atoms with Gasteiger partial charge in [0.1, 0.15) is 0 Å². The Kier molecular flexibility index (Phi) is 5.35. The summed E-state index contributed by atoms with van der Waals surface area (Å²) in [6.07, 6.45) is 3.51. The fourth-order valence-corrected chi connectivity index (χ4v) is 3.41. The second kappa shape index (κ2) is 8.24. The lowest BCUT2D eigenvalue weighted by Crippen LogP contribution is -2.31. The van der Waals surface area contributed by atoms with Crippen molar-refractivity contribution >= 4 is 11.6 Å². The van der Waals surface area contributed by atoms with Gasteiger partial charge in [-0.3, -0.25) is 14.9 Å². The first-order valence-corrected chi connectivity index (χ1v) is 9.41. The van der Waals surface area contributed by atoms with E-state index in [2.05, 4.69) is 10.4 Å². The number of hydrogen-bond acceptors (Lipinski definition) is 5. The van der Waals surface area contributed by atoms with E-state index < -0.39 is 4.92 Å². The summed E-state index contributed by atoms with van der Waals surface area (Å²) in [5.74, 6) is -0.229. The maximum atomic E-state index is 12.9. The van der Waals surface area contributed by atoms with Crippen LogP contribution < -0.4 is 5.32 Å². The van der Waals surface area contributed by atoms with E-state index in [1.54, 1.807) is 16.8 Å². The predicted molar refractivity (Wildman–Crippen MR) is 107 cm³/mol. The van der Waals surface area contributed by atoms with Gasteiger partial charge in [-0.1, -0.05) is 30.3 Å². The number of nitro benzene ring substituents is 1. The van der Waals surface area contributed by atoms with Crippen molar-refractivity contribution in [2.45, 2.75) is 18.9 Å². The van der Waals surface area contributed by atoms with Gasteiger partial charge in [-0.15, -0.1) is 0 Å². The minimum Gasteiger partial charge on any atom is -0.376 e. The average Bonchev–Trinajstić information content (AvgIpc) is 3.42. The molecule has 4 rings (SSSR count). The second-order valence-electron chi connectivity index (χ2n) is 6.80. The number of hydrogen-bond donors (Lipinski definition) is 1. The number of aromatic nitrogens is 2. The van der Waals surface area contributed by atoms with E-state index >= 15 is 0 Å². The fraction of sp³-hybridized carbons (Fsp3) is 0.238. The van der Waals surface area contributed by atoms with Gasteiger partial charge in [0, 0.05) is 30.8 Å². The van der Waals surface area contributed by atoms with Crippen LogP contribution in [-0.4, -0.2) is 39.9 Å². The van der Waals surface area contributed by atoms with E-state index in [0.29, 0.717) is 23.5 Å². The third-order valence-electron chi connectivity index (χ3n) is 4.88. The summed E-state index contributed by atoms with van der Waals surface area (Å²) < 4.78 is 7.19. The Hall–Kier alpha value is -3.52. The highest BCUT2D eigenvalue weighted by Gasteiger charge is 2.22. The van der Waals surface area contributed by atoms with Crippen molar-refractivity contribution in [3.8, 4) is 16.9 Å². The van der Waals surface area contributed by atoms with Crippen molar-refractivity contribution in [1.29, 1.82) is 0 Å². The molecule has 0 aliphatic carbocycles. The van der Waals surface area contributed by atoms with Crippen LogP contribution in [0.15, 0.2) is 60.8 Å². The van der Waals surface area contributed by atoms with E-state index in [4.69, 9.17) is 4.74 Å². The highest BCUT2D eigenvalue weighted by Crippen LogP contribution is 2.27. The van der Waals surface area contributed by atoms with Gasteiger partial charge >= 0.3 is 0 Å². The fourth-order valence-electron chi connectivity index (χ4n) is 3.41. The standard InChI is InChI=1S/C21H20N4O4/c26-21(22-13-18-7-4-12-29-18)19-14-23-24(20(19)15-5-2-1-3-6-15)16-8-10-17(11-9-16)25(27)28/h1-3,5-6,8-11,14,18H,4,7,12-13H2,(H,22,26)/t18-/m1/s1. The lowest BCUT2D eigenvalue weighted by atomic mass is 10.1. The van der Waals surface area contributed by atoms with E-state index in [1.165, 1.54) is 18.3 Å². The number of carbonyl (C=O) groups is 1. The number of rotatable bonds is 6. The van der Waals surface area contributed by atoms with E-state index in [-0.39, 0.29) is 17.7 Å². The van der Waals surface area contributed by atoms with E-state index in [9.17, 15) is 14.9 Å². The molecule has 8 heteroatoms. The molecule has 0 spiro atoms. The SMILES string of the molecule is O=C(NC[C@H]1CCCO1)c1cnn(-c2ccc([N+](=O)[O-])cc2)c1-c1ccccc1. The van der Waals surface area contributed by atoms with Gasteiger partial charge in [-0.2, -0.15) is 5.10 Å². The summed E-state index contributed by atoms with van der Waals surface area (Å²) in [6, 6.07) is 15.5. The quantitative estimate of drug-likeness (QED) is 0.512. The Labute approximate surface area is 167 Å². The molecule has 148 valence electrons. The molecular formula is C21H20N4O4. The molecular weight excluding hydrogens is 372 g/mol. The Balaban J connectivity index is 1.68. The van der Waals surface area contributed by atoms with Crippen molar-refractivity contribution in [3.63, 3.8) is 0 Å². The molecule has 29 heavy (non-hydrogen) atoms. The number of nitrogens with zero attached hydrogens (tertiary/aromatic N) is 3. The summed E-state index contributed by atoms with van der Waals surface area (Å²) in [6.45, 7) is 1.18. The number of nitro groups is 1. The molecule has 1 atom stereocenters. The van der Waals surface area contributed by atoms with Crippen LogP contribution in [0.3, 0.4) is 0 Å². The Bertz CT molecular complexity index is 1010. The van der Waals surface area contributed by atoms with Crippen molar-refractivity contribution in [3.05, 3.63) is 76.5 Å². The minimum absolute atomic E-state index is 0.00306. The largest absolute Gasteiger partial charge is 0.376 e. The molecule has 1 aliphatic rings. The molecule has 1 fully saturated rings. The molecule has 3 aromatic rings. The summed E-state index contributed by atoms with van der Waals surface area (Å²) in [7, 11) is 0. The maximum absolute atomic E-state index is 12.9. The van der Waals surface area contributed by atoms with Gasteiger partial charge in [-0.05, 0) is 25.0 Å². The van der Waals surface area contributed by atoms with E-state index in [1.807, 2.05) is 30.3 Å². The molecule has 2 heterocycles. The molecule has 1 saturated heterocycles. The number of nitrogens with one attached hydrogen (secondary N) is 1. The van der Waals surface area contributed by atoms with Crippen molar-refractivity contribution < 1.29 is 14.5 Å². The summed E-state index contributed by atoms with van der Waals surface area (Å²) in [4.78, 5) is 23.4. The second-order valence-corrected chi connectivity index (χ2v) is 6.80. The molecule has 0 radical (unpaired) electrons. The van der Waals surface area contributed by atoms with Gasteiger partial charge in [-0.25, -0.2) is 4.68 Å². The number of non-ortho nitro benzene ring substituents is 1. The highest BCUT2D eigenvalue weighted by molar-refractivity contribution is 6.00. The van der Waals surface area contributed by atoms with Gasteiger partial charge in [0.05, 0.1) is 34.2 Å². The maximum Gasteiger partial charge on any atom is 0.269 e. The van der Waals surface area contributed by atoms with Crippen LogP contribution in [0, 0.1) is 10.1 Å². The monoisotopic (exact) mass is 392 g/mol. The molecule has 1 aliphatic heterocycles. The van der Waals surface area contributed by atoms with E-state index in [0.717, 1.165) is 25.0 Å². The van der Waals surface area contributed by atoms with Crippen LogP contribution in [0.4, 0.5) is 5.69 Å². The predicted octanol–water partition coefficient (Wildman–Crippen LogP) is 3.36. The summed E-state index contributed by atoms with van der Waals surface area (Å²) in [5, 5.41) is 18.3. The van der Waals surface area contributed by atoms with Crippen molar-refractivity contribution in [2.24, 2.45) is 0 Å². The molecule has 8 nitrogen and oxygen atoms in total. The van der Waals surface area contributed by atoms with Crippen LogP contribution >= 0.6 is 0 Å². The normalized spacial score (nSPS) is 15.9. The molecule has 1 amide bonds. The summed E-state index contributed by atoms with van der Waals surface area (Å²) >= 11 is 0. The highest BCUT2D eigenvalue weighted by atomic mass is 16.6. The Morgan fingerprint density at radius 3 is 2.62 bits per heavy atom. The Morgan fingerprint density at radius 2 is 1.97 bits per heavy atom. The number of amides is 1. The third-order valence-corrected chi connectivity index (χ3v) is 4.88. The first-order chi connectivity index (χ1) is 14.1. The summed E-state index contributed by atoms with van der Waals surface area (Å²) in [5.41, 5.74) is 2.52. The molecule has 0 bridgehead atoms. The zero-order valence-electron chi connectivity index (χ0n) is 15.7. The van der Waals surface area contributed by atoms with Gasteiger partial charge in [0.15, 0.2) is 0 Å². The first kappa shape index (κ1) is 18.8. The molecule has 0 unspecified atom stereocenters. The van der Waals surface area contributed by atoms with Crippen LogP contribution in [0.1, 0.15) is 23.2 Å². The average molecular weight is 392 g/mol. The first-order valence-electron chi connectivity index (χ1n) is 9.41. The lowest BCUT2D eigenvalue weighted by molar-refractivity contribution is -0.384. The minimum atomic E-state index is -0.449. The molecule has 1 N–H and O–H groups in total. The molecule has 0 saturated carbocycles. The number of benzene rings is 2. The zero-order chi connectivity index (χ0) is 20.2. The van der Waals surface area contributed by atoms with Crippen molar-refractivity contribution in [2.75, 3.05) is 13.2 Å². The lowest BCUT2D eigenvalue weighted by Gasteiger charge is -2.12. The van der Waals surface area contributed by atoms with Crippen LogP contribution in [0.25, 0.3) is 16.9 Å².